The minimum atomic E-state index is -0.191. The molecule has 3 rings (SSSR count). The highest BCUT2D eigenvalue weighted by Crippen LogP contribution is 2.30. The molecule has 1 aliphatic heterocycles. The monoisotopic (exact) mass is 267 g/mol. The fourth-order valence-electron chi connectivity index (χ4n) is 2.47. The molecule has 2 aromatic carbocycles. The SMILES string of the molecule is O=C1CC(c2ccccc2)OC(c2ccccc2)CN1. The average Bonchev–Trinajstić information content (AvgIpc) is 2.71. The van der Waals surface area contributed by atoms with Crippen LogP contribution >= 0.6 is 0 Å². The predicted molar refractivity (Wildman–Crippen MR) is 77.1 cm³/mol. The number of benzene rings is 2. The lowest BCUT2D eigenvalue weighted by Crippen LogP contribution is -2.25. The van der Waals surface area contributed by atoms with Crippen molar-refractivity contribution < 1.29 is 9.53 Å². The molecule has 3 heteroatoms. The van der Waals surface area contributed by atoms with E-state index in [9.17, 15) is 4.79 Å². The Morgan fingerprint density at radius 3 is 2.00 bits per heavy atom. The quantitative estimate of drug-likeness (QED) is 0.908. The molecule has 3 nitrogen and oxygen atoms in total. The molecule has 1 heterocycles. The van der Waals surface area contributed by atoms with Crippen molar-refractivity contribution in [1.29, 1.82) is 0 Å². The largest absolute Gasteiger partial charge is 0.363 e. The fraction of sp³-hybridized carbons (Fsp3) is 0.235. The smallest absolute Gasteiger partial charge is 0.223 e. The summed E-state index contributed by atoms with van der Waals surface area (Å²) in [6, 6.07) is 19.9. The second-order valence-corrected chi connectivity index (χ2v) is 4.94. The number of nitrogens with one attached hydrogen (secondary N) is 1. The van der Waals surface area contributed by atoms with Crippen LogP contribution in [0.3, 0.4) is 0 Å². The van der Waals surface area contributed by atoms with E-state index in [4.69, 9.17) is 4.74 Å². The van der Waals surface area contributed by atoms with Crippen molar-refractivity contribution in [3.8, 4) is 0 Å². The zero-order valence-electron chi connectivity index (χ0n) is 11.2. The highest BCUT2D eigenvalue weighted by molar-refractivity contribution is 5.77. The summed E-state index contributed by atoms with van der Waals surface area (Å²) in [6.45, 7) is 0.520. The van der Waals surface area contributed by atoms with Crippen molar-refractivity contribution >= 4 is 5.91 Å². The Morgan fingerprint density at radius 1 is 0.850 bits per heavy atom. The highest BCUT2D eigenvalue weighted by Gasteiger charge is 2.26. The second-order valence-electron chi connectivity index (χ2n) is 4.94. The number of carbonyl (C=O) groups is 1. The van der Waals surface area contributed by atoms with Crippen LogP contribution in [0.1, 0.15) is 29.8 Å². The van der Waals surface area contributed by atoms with E-state index in [1.165, 1.54) is 0 Å². The van der Waals surface area contributed by atoms with E-state index in [0.29, 0.717) is 13.0 Å². The first-order chi connectivity index (χ1) is 9.83. The van der Waals surface area contributed by atoms with Crippen LogP contribution in [0, 0.1) is 0 Å². The zero-order valence-corrected chi connectivity index (χ0v) is 11.2. The molecule has 0 aromatic heterocycles. The third kappa shape index (κ3) is 2.89. The predicted octanol–water partition coefficient (Wildman–Crippen LogP) is 3.01. The van der Waals surface area contributed by atoms with Gasteiger partial charge in [0, 0.05) is 6.54 Å². The number of ether oxygens (including phenoxy) is 1. The molecule has 1 fully saturated rings. The van der Waals surface area contributed by atoms with Gasteiger partial charge in [-0.2, -0.15) is 0 Å². The summed E-state index contributed by atoms with van der Waals surface area (Å²) in [4.78, 5) is 11.9. The van der Waals surface area contributed by atoms with E-state index < -0.39 is 0 Å². The van der Waals surface area contributed by atoms with E-state index in [0.717, 1.165) is 11.1 Å². The van der Waals surface area contributed by atoms with Gasteiger partial charge in [0.1, 0.15) is 6.10 Å². The zero-order chi connectivity index (χ0) is 13.8. The number of hydrogen-bond acceptors (Lipinski definition) is 2. The van der Waals surface area contributed by atoms with E-state index in [2.05, 4.69) is 5.32 Å². The highest BCUT2D eigenvalue weighted by atomic mass is 16.5. The molecule has 0 spiro atoms. The maximum absolute atomic E-state index is 11.9. The lowest BCUT2D eigenvalue weighted by molar-refractivity contribution is -0.122. The topological polar surface area (TPSA) is 38.3 Å². The van der Waals surface area contributed by atoms with Crippen LogP contribution < -0.4 is 5.32 Å². The first kappa shape index (κ1) is 12.9. The van der Waals surface area contributed by atoms with Crippen molar-refractivity contribution in [2.24, 2.45) is 0 Å². The summed E-state index contributed by atoms with van der Waals surface area (Å²) < 4.78 is 6.17. The van der Waals surface area contributed by atoms with E-state index in [1.807, 2.05) is 60.7 Å². The molecule has 2 unspecified atom stereocenters. The van der Waals surface area contributed by atoms with Gasteiger partial charge in [0.2, 0.25) is 5.91 Å². The minimum Gasteiger partial charge on any atom is -0.363 e. The summed E-state index contributed by atoms with van der Waals surface area (Å²) in [6.07, 6.45) is 0.0737. The molecule has 0 aliphatic carbocycles. The third-order valence-corrected chi connectivity index (χ3v) is 3.53. The maximum Gasteiger partial charge on any atom is 0.223 e. The normalized spacial score (nSPS) is 22.9. The van der Waals surface area contributed by atoms with Crippen molar-refractivity contribution in [3.63, 3.8) is 0 Å². The van der Waals surface area contributed by atoms with Crippen LogP contribution in [0.4, 0.5) is 0 Å². The molecule has 1 saturated heterocycles. The number of hydrogen-bond donors (Lipinski definition) is 1. The molecule has 0 radical (unpaired) electrons. The summed E-state index contributed by atoms with van der Waals surface area (Å²) in [5.74, 6) is 0.0392. The van der Waals surface area contributed by atoms with Gasteiger partial charge < -0.3 is 10.1 Å². The Labute approximate surface area is 118 Å². The molecule has 2 aromatic rings. The molecule has 0 bridgehead atoms. The Morgan fingerprint density at radius 2 is 1.40 bits per heavy atom. The van der Waals surface area contributed by atoms with Gasteiger partial charge >= 0.3 is 0 Å². The fourth-order valence-corrected chi connectivity index (χ4v) is 2.47. The van der Waals surface area contributed by atoms with E-state index in [-0.39, 0.29) is 18.1 Å². The van der Waals surface area contributed by atoms with E-state index in [1.54, 1.807) is 0 Å². The Balaban J connectivity index is 1.86. The van der Waals surface area contributed by atoms with Gasteiger partial charge in [0.05, 0.1) is 12.5 Å². The first-order valence-corrected chi connectivity index (χ1v) is 6.85. The van der Waals surface area contributed by atoms with Crippen LogP contribution in [-0.4, -0.2) is 12.5 Å². The van der Waals surface area contributed by atoms with Crippen molar-refractivity contribution in [1.82, 2.24) is 5.32 Å². The van der Waals surface area contributed by atoms with Gasteiger partial charge in [-0.25, -0.2) is 0 Å². The van der Waals surface area contributed by atoms with Crippen molar-refractivity contribution in [2.75, 3.05) is 6.54 Å². The molecule has 1 amide bonds. The van der Waals surface area contributed by atoms with E-state index >= 15 is 0 Å². The van der Waals surface area contributed by atoms with Gasteiger partial charge in [-0.3, -0.25) is 4.79 Å². The lowest BCUT2D eigenvalue weighted by atomic mass is 10.1. The number of amides is 1. The van der Waals surface area contributed by atoms with Gasteiger partial charge in [0.25, 0.3) is 0 Å². The standard InChI is InChI=1S/C17H17NO2/c19-17-11-15(13-7-3-1-4-8-13)20-16(12-18-17)14-9-5-2-6-10-14/h1-10,15-16H,11-12H2,(H,18,19). The average molecular weight is 267 g/mol. The van der Waals surface area contributed by atoms with Crippen LogP contribution in [0.25, 0.3) is 0 Å². The van der Waals surface area contributed by atoms with Gasteiger partial charge in [-0.05, 0) is 11.1 Å². The molecule has 102 valence electrons. The van der Waals surface area contributed by atoms with Crippen molar-refractivity contribution in [3.05, 3.63) is 71.8 Å². The van der Waals surface area contributed by atoms with Crippen molar-refractivity contribution in [2.45, 2.75) is 18.6 Å². The first-order valence-electron chi connectivity index (χ1n) is 6.85. The third-order valence-electron chi connectivity index (χ3n) is 3.53. The Kier molecular flexibility index (Phi) is 3.79. The number of carbonyl (C=O) groups excluding carboxylic acids is 1. The molecule has 1 N–H and O–H groups in total. The molecule has 20 heavy (non-hydrogen) atoms. The molecule has 0 saturated carbocycles. The Bertz CT molecular complexity index is 568. The molecular formula is C17H17NO2. The van der Waals surface area contributed by atoms with Crippen LogP contribution in [0.5, 0.6) is 0 Å². The summed E-state index contributed by atoms with van der Waals surface area (Å²) >= 11 is 0. The van der Waals surface area contributed by atoms with Gasteiger partial charge in [0.15, 0.2) is 0 Å². The molecule has 1 aliphatic rings. The number of rotatable bonds is 2. The van der Waals surface area contributed by atoms with Gasteiger partial charge in [-0.1, -0.05) is 60.7 Å². The molecule has 2 atom stereocenters. The van der Waals surface area contributed by atoms with Crippen LogP contribution in [0.2, 0.25) is 0 Å². The van der Waals surface area contributed by atoms with Crippen LogP contribution in [-0.2, 0) is 9.53 Å². The summed E-state index contributed by atoms with van der Waals surface area (Å²) in [5, 5.41) is 2.93. The van der Waals surface area contributed by atoms with Gasteiger partial charge in [-0.15, -0.1) is 0 Å². The summed E-state index contributed by atoms with van der Waals surface area (Å²) in [7, 11) is 0. The maximum atomic E-state index is 11.9. The molecular weight excluding hydrogens is 250 g/mol. The minimum absolute atomic E-state index is 0.0392. The Hall–Kier alpha value is -2.13. The summed E-state index contributed by atoms with van der Waals surface area (Å²) in [5.41, 5.74) is 2.14. The lowest BCUT2D eigenvalue weighted by Gasteiger charge is -2.21. The van der Waals surface area contributed by atoms with Crippen LogP contribution in [0.15, 0.2) is 60.7 Å². The second kappa shape index (κ2) is 5.88.